The molecule has 4 aromatic rings. The number of aliphatic hydroxyl groups is 1. The zero-order valence-electron chi connectivity index (χ0n) is 22.5. The first-order chi connectivity index (χ1) is 19.3. The maximum Gasteiger partial charge on any atom is 0.264 e. The van der Waals surface area contributed by atoms with Gasteiger partial charge in [-0.1, -0.05) is 13.8 Å². The van der Waals surface area contributed by atoms with Gasteiger partial charge in [-0.15, -0.1) is 0 Å². The van der Waals surface area contributed by atoms with E-state index in [0.29, 0.717) is 53.3 Å². The molecule has 0 spiro atoms. The van der Waals surface area contributed by atoms with E-state index < -0.39 is 17.5 Å². The topological polar surface area (TPSA) is 133 Å². The van der Waals surface area contributed by atoms with Crippen LogP contribution in [0.5, 0.6) is 17.2 Å². The Bertz CT molecular complexity index is 1650. The second-order valence-electron chi connectivity index (χ2n) is 9.99. The fourth-order valence-corrected chi connectivity index (χ4v) is 4.97. The van der Waals surface area contributed by atoms with Crippen LogP contribution in [0.1, 0.15) is 59.1 Å². The monoisotopic (exact) mass is 542 g/mol. The molecular formula is C30H30N4O6. The van der Waals surface area contributed by atoms with Crippen LogP contribution in [0.4, 0.5) is 5.82 Å². The Labute approximate surface area is 230 Å². The highest BCUT2D eigenvalue weighted by Crippen LogP contribution is 2.31. The molecule has 3 aromatic heterocycles. The molecule has 1 atom stereocenters. The van der Waals surface area contributed by atoms with Crippen molar-refractivity contribution in [3.8, 4) is 17.2 Å². The highest BCUT2D eigenvalue weighted by atomic mass is 16.5. The summed E-state index contributed by atoms with van der Waals surface area (Å²) >= 11 is 0. The molecule has 0 bridgehead atoms. The number of carbonyl (C=O) groups excluding carboxylic acids is 2. The third kappa shape index (κ3) is 5.17. The highest BCUT2D eigenvalue weighted by Gasteiger charge is 2.29. The van der Waals surface area contributed by atoms with Gasteiger partial charge in [-0.3, -0.25) is 19.4 Å². The highest BCUT2D eigenvalue weighted by molar-refractivity contribution is 6.06. The number of aliphatic hydroxyl groups excluding tert-OH is 1. The van der Waals surface area contributed by atoms with Crippen molar-refractivity contribution in [2.24, 2.45) is 5.92 Å². The normalized spacial score (nSPS) is 13.7. The first-order valence-corrected chi connectivity index (χ1v) is 13.1. The predicted octanol–water partition coefficient (Wildman–Crippen LogP) is 4.55. The Kier molecular flexibility index (Phi) is 7.61. The molecule has 1 amide bonds. The summed E-state index contributed by atoms with van der Waals surface area (Å²) in [6.07, 6.45) is 4.59. The van der Waals surface area contributed by atoms with E-state index in [1.54, 1.807) is 31.5 Å². The molecule has 40 heavy (non-hydrogen) atoms. The van der Waals surface area contributed by atoms with Crippen LogP contribution in [0.3, 0.4) is 0 Å². The Balaban J connectivity index is 1.40. The second-order valence-corrected chi connectivity index (χ2v) is 9.99. The molecule has 1 aromatic carbocycles. The van der Waals surface area contributed by atoms with Gasteiger partial charge in [0, 0.05) is 35.3 Å². The molecule has 10 heteroatoms. The quantitative estimate of drug-likeness (QED) is 0.331. The Morgan fingerprint density at radius 1 is 1.07 bits per heavy atom. The molecule has 0 saturated heterocycles. The smallest absolute Gasteiger partial charge is 0.264 e. The number of rotatable bonds is 8. The van der Waals surface area contributed by atoms with Crippen LogP contribution in [0.25, 0.3) is 10.9 Å². The lowest BCUT2D eigenvalue weighted by Gasteiger charge is -2.28. The van der Waals surface area contributed by atoms with Crippen LogP contribution < -0.4 is 20.3 Å². The number of methoxy groups -OCH3 is 1. The molecule has 10 nitrogen and oxygen atoms in total. The largest absolute Gasteiger partial charge is 0.497 e. The van der Waals surface area contributed by atoms with Gasteiger partial charge in [0.05, 0.1) is 31.5 Å². The van der Waals surface area contributed by atoms with E-state index in [1.807, 2.05) is 32.0 Å². The van der Waals surface area contributed by atoms with E-state index in [-0.39, 0.29) is 29.7 Å². The van der Waals surface area contributed by atoms with Gasteiger partial charge in [0.15, 0.2) is 5.78 Å². The number of hydrogen-bond donors (Lipinski definition) is 2. The first kappa shape index (κ1) is 27.0. The summed E-state index contributed by atoms with van der Waals surface area (Å²) in [5.74, 6) is 1.02. The lowest BCUT2D eigenvalue weighted by atomic mass is 9.91. The number of ketones is 1. The number of nitrogens with zero attached hydrogens (tertiary/aromatic N) is 3. The number of Topliss-reactive ketones (excluding diaryl/α,β-unsaturated/α-hetero) is 1. The number of fused-ring (bicyclic) bond motifs is 2. The van der Waals surface area contributed by atoms with Crippen LogP contribution >= 0.6 is 0 Å². The fourth-order valence-electron chi connectivity index (χ4n) is 4.97. The summed E-state index contributed by atoms with van der Waals surface area (Å²) in [5.41, 5.74) is 0.929. The summed E-state index contributed by atoms with van der Waals surface area (Å²) in [4.78, 5) is 48.1. The van der Waals surface area contributed by atoms with Crippen molar-refractivity contribution >= 4 is 28.4 Å². The number of nitrogens with one attached hydrogen (secondary N) is 1. The number of anilines is 1. The van der Waals surface area contributed by atoms with Crippen LogP contribution in [0.2, 0.25) is 0 Å². The van der Waals surface area contributed by atoms with E-state index >= 15 is 0 Å². The molecular weight excluding hydrogens is 512 g/mol. The summed E-state index contributed by atoms with van der Waals surface area (Å²) in [6, 6.07) is 11.3. The SMILES string of the molecule is COc1ccc2c(Oc3ccc(NC(=O)c4cc5c(n([C@H](CO)C(C)C)c4=O)CCCC5=O)nc3)ccnc2c1. The van der Waals surface area contributed by atoms with Gasteiger partial charge in [-0.25, -0.2) is 4.98 Å². The van der Waals surface area contributed by atoms with Crippen LogP contribution in [-0.2, 0) is 6.42 Å². The summed E-state index contributed by atoms with van der Waals surface area (Å²) < 4.78 is 12.7. The third-order valence-electron chi connectivity index (χ3n) is 7.11. The predicted molar refractivity (Wildman–Crippen MR) is 149 cm³/mol. The van der Waals surface area contributed by atoms with Gasteiger partial charge in [-0.05, 0) is 55.2 Å². The number of amides is 1. The zero-order chi connectivity index (χ0) is 28.4. The number of aromatic nitrogens is 3. The molecule has 0 radical (unpaired) electrons. The van der Waals surface area contributed by atoms with Gasteiger partial charge in [-0.2, -0.15) is 0 Å². The molecule has 1 aliphatic rings. The number of pyridine rings is 3. The van der Waals surface area contributed by atoms with Gasteiger partial charge in [0.25, 0.3) is 11.5 Å². The molecule has 0 aliphatic heterocycles. The summed E-state index contributed by atoms with van der Waals surface area (Å²) in [6.45, 7) is 3.49. The van der Waals surface area contributed by atoms with Crippen LogP contribution in [0.15, 0.2) is 59.7 Å². The molecule has 3 heterocycles. The van der Waals surface area contributed by atoms with Crippen molar-refractivity contribution in [1.82, 2.24) is 14.5 Å². The molecule has 0 saturated carbocycles. The molecule has 0 fully saturated rings. The van der Waals surface area contributed by atoms with Gasteiger partial charge >= 0.3 is 0 Å². The van der Waals surface area contributed by atoms with Crippen molar-refractivity contribution in [3.63, 3.8) is 0 Å². The summed E-state index contributed by atoms with van der Waals surface area (Å²) in [5, 5.41) is 13.5. The first-order valence-electron chi connectivity index (χ1n) is 13.1. The number of carbonyl (C=O) groups is 2. The minimum absolute atomic E-state index is 0.0871. The van der Waals surface area contributed by atoms with E-state index in [0.717, 1.165) is 5.39 Å². The minimum Gasteiger partial charge on any atom is -0.497 e. The van der Waals surface area contributed by atoms with Crippen LogP contribution in [-0.4, -0.2) is 45.0 Å². The van der Waals surface area contributed by atoms with Gasteiger partial charge in [0.2, 0.25) is 0 Å². The fraction of sp³-hybridized carbons (Fsp3) is 0.300. The van der Waals surface area contributed by atoms with Gasteiger partial charge < -0.3 is 24.5 Å². The lowest BCUT2D eigenvalue weighted by Crippen LogP contribution is -2.39. The van der Waals surface area contributed by atoms with E-state index in [9.17, 15) is 19.5 Å². The summed E-state index contributed by atoms with van der Waals surface area (Å²) in [7, 11) is 1.59. The van der Waals surface area contributed by atoms with Crippen molar-refractivity contribution in [1.29, 1.82) is 0 Å². The van der Waals surface area contributed by atoms with Gasteiger partial charge in [0.1, 0.15) is 28.6 Å². The Morgan fingerprint density at radius 3 is 2.58 bits per heavy atom. The third-order valence-corrected chi connectivity index (χ3v) is 7.11. The van der Waals surface area contributed by atoms with Crippen molar-refractivity contribution in [2.45, 2.75) is 39.2 Å². The minimum atomic E-state index is -0.685. The molecule has 2 N–H and O–H groups in total. The standard InChI is InChI=1S/C30H30N4O6/c1-17(2)25(16-35)34-24-5-4-6-26(36)21(24)14-22(30(34)38)29(37)33-28-10-8-19(15-32-28)40-27-11-12-31-23-13-18(39-3)7-9-20(23)27/h7-15,17,25,35H,4-6,16H2,1-3H3,(H,32,33,37)/t25-/m1/s1. The average molecular weight is 543 g/mol. The molecule has 5 rings (SSSR count). The lowest BCUT2D eigenvalue weighted by molar-refractivity contribution is 0.0967. The average Bonchev–Trinajstić information content (AvgIpc) is 2.95. The zero-order valence-corrected chi connectivity index (χ0v) is 22.5. The van der Waals surface area contributed by atoms with Crippen molar-refractivity contribution in [2.75, 3.05) is 19.0 Å². The Morgan fingerprint density at radius 2 is 1.88 bits per heavy atom. The maximum atomic E-state index is 13.5. The van der Waals surface area contributed by atoms with Crippen molar-refractivity contribution in [3.05, 3.63) is 82.0 Å². The molecule has 206 valence electrons. The number of hydrogen-bond acceptors (Lipinski definition) is 8. The van der Waals surface area contributed by atoms with Crippen LogP contribution in [0, 0.1) is 5.92 Å². The maximum absolute atomic E-state index is 13.5. The van der Waals surface area contributed by atoms with Crippen molar-refractivity contribution < 1.29 is 24.2 Å². The van der Waals surface area contributed by atoms with E-state index in [2.05, 4.69) is 15.3 Å². The Hall–Kier alpha value is -4.57. The second kappa shape index (κ2) is 11.3. The van der Waals surface area contributed by atoms with E-state index in [1.165, 1.54) is 16.8 Å². The number of benzene rings is 1. The molecule has 0 unspecified atom stereocenters. The molecule has 1 aliphatic carbocycles. The number of ether oxygens (including phenoxy) is 2. The van der Waals surface area contributed by atoms with E-state index in [4.69, 9.17) is 9.47 Å².